The van der Waals surface area contributed by atoms with Crippen molar-refractivity contribution in [2.75, 3.05) is 0 Å². The molecule has 1 heterocycles. The third-order valence-corrected chi connectivity index (χ3v) is 4.64. The summed E-state index contributed by atoms with van der Waals surface area (Å²) in [5.41, 5.74) is 0. The minimum Gasteiger partial charge on any atom is -0.375 e. The molecule has 2 fully saturated rings. The summed E-state index contributed by atoms with van der Waals surface area (Å²) in [7, 11) is 0. The van der Waals surface area contributed by atoms with Gasteiger partial charge in [0.1, 0.15) is 0 Å². The van der Waals surface area contributed by atoms with E-state index in [4.69, 9.17) is 16.3 Å². The number of hydrogen-bond donors (Lipinski definition) is 0. The van der Waals surface area contributed by atoms with E-state index in [1.165, 1.54) is 38.5 Å². The molecular weight excluding hydrogens is 232 g/mol. The van der Waals surface area contributed by atoms with Crippen LogP contribution in [0.2, 0.25) is 0 Å². The Labute approximate surface area is 111 Å². The van der Waals surface area contributed by atoms with Crippen LogP contribution < -0.4 is 0 Å². The fraction of sp³-hybridized carbons (Fsp3) is 1.00. The Morgan fingerprint density at radius 1 is 1.12 bits per heavy atom. The Hall–Kier alpha value is 0.250. The predicted molar refractivity (Wildman–Crippen MR) is 73.6 cm³/mol. The molecule has 0 aromatic rings. The zero-order chi connectivity index (χ0) is 12.3. The van der Waals surface area contributed by atoms with E-state index in [9.17, 15) is 0 Å². The molecule has 1 saturated carbocycles. The minimum atomic E-state index is 0.347. The van der Waals surface area contributed by atoms with E-state index in [2.05, 4.69) is 13.8 Å². The van der Waals surface area contributed by atoms with Gasteiger partial charge < -0.3 is 4.74 Å². The Balaban J connectivity index is 1.88. The molecule has 1 aliphatic carbocycles. The summed E-state index contributed by atoms with van der Waals surface area (Å²) in [6.45, 7) is 4.55. The van der Waals surface area contributed by atoms with E-state index in [0.29, 0.717) is 23.5 Å². The van der Waals surface area contributed by atoms with Crippen molar-refractivity contribution in [3.05, 3.63) is 0 Å². The van der Waals surface area contributed by atoms with Crippen LogP contribution in [0.5, 0.6) is 0 Å². The Bertz CT molecular complexity index is 221. The standard InChI is InChI=1S/C15H27ClO/c1-11(2)8-14-9-13(16)10-15(17-14)12-6-4-3-5-7-12/h11-15H,3-10H2,1-2H3/t13-,14+,15+/m1/s1. The van der Waals surface area contributed by atoms with E-state index >= 15 is 0 Å². The zero-order valence-electron chi connectivity index (χ0n) is 11.3. The molecule has 0 unspecified atom stereocenters. The fourth-order valence-electron chi connectivity index (χ4n) is 3.48. The highest BCUT2D eigenvalue weighted by Crippen LogP contribution is 2.36. The van der Waals surface area contributed by atoms with Gasteiger partial charge >= 0.3 is 0 Å². The van der Waals surface area contributed by atoms with Crippen LogP contribution in [-0.4, -0.2) is 17.6 Å². The van der Waals surface area contributed by atoms with Crippen molar-refractivity contribution in [2.24, 2.45) is 11.8 Å². The summed E-state index contributed by atoms with van der Waals surface area (Å²) in [6, 6.07) is 0. The lowest BCUT2D eigenvalue weighted by Gasteiger charge is -2.39. The maximum absolute atomic E-state index is 6.43. The third kappa shape index (κ3) is 4.13. The lowest BCUT2D eigenvalue weighted by atomic mass is 9.81. The van der Waals surface area contributed by atoms with E-state index in [1.807, 2.05) is 0 Å². The number of ether oxygens (including phenoxy) is 1. The molecule has 1 saturated heterocycles. The van der Waals surface area contributed by atoms with Crippen molar-refractivity contribution >= 4 is 11.6 Å². The summed E-state index contributed by atoms with van der Waals surface area (Å²) in [5.74, 6) is 1.51. The van der Waals surface area contributed by atoms with Crippen LogP contribution in [0, 0.1) is 11.8 Å². The highest BCUT2D eigenvalue weighted by atomic mass is 35.5. The van der Waals surface area contributed by atoms with Crippen molar-refractivity contribution in [2.45, 2.75) is 82.8 Å². The lowest BCUT2D eigenvalue weighted by molar-refractivity contribution is -0.0885. The summed E-state index contributed by atoms with van der Waals surface area (Å²) in [4.78, 5) is 0. The maximum atomic E-state index is 6.43. The van der Waals surface area contributed by atoms with Crippen LogP contribution in [0.4, 0.5) is 0 Å². The van der Waals surface area contributed by atoms with Gasteiger partial charge in [-0.1, -0.05) is 33.1 Å². The van der Waals surface area contributed by atoms with E-state index in [-0.39, 0.29) is 0 Å². The first kappa shape index (κ1) is 13.7. The quantitative estimate of drug-likeness (QED) is 0.663. The number of rotatable bonds is 3. The van der Waals surface area contributed by atoms with Crippen molar-refractivity contribution in [1.82, 2.24) is 0 Å². The second kappa shape index (κ2) is 6.43. The van der Waals surface area contributed by atoms with Crippen molar-refractivity contribution < 1.29 is 4.74 Å². The van der Waals surface area contributed by atoms with Gasteiger partial charge in [0.15, 0.2) is 0 Å². The smallest absolute Gasteiger partial charge is 0.0621 e. The van der Waals surface area contributed by atoms with Crippen molar-refractivity contribution in [3.63, 3.8) is 0 Å². The van der Waals surface area contributed by atoms with Gasteiger partial charge in [-0.15, -0.1) is 11.6 Å². The molecule has 0 bridgehead atoms. The van der Waals surface area contributed by atoms with Crippen LogP contribution in [-0.2, 0) is 4.74 Å². The van der Waals surface area contributed by atoms with Gasteiger partial charge in [-0.2, -0.15) is 0 Å². The topological polar surface area (TPSA) is 9.23 Å². The number of hydrogen-bond acceptors (Lipinski definition) is 1. The summed E-state index contributed by atoms with van der Waals surface area (Å²) in [5, 5.41) is 0.347. The molecule has 100 valence electrons. The first-order chi connectivity index (χ1) is 8.15. The summed E-state index contributed by atoms with van der Waals surface area (Å²) < 4.78 is 6.32. The molecule has 17 heavy (non-hydrogen) atoms. The van der Waals surface area contributed by atoms with Gasteiger partial charge in [0.05, 0.1) is 12.2 Å². The second-order valence-corrected chi connectivity index (χ2v) is 7.01. The van der Waals surface area contributed by atoms with Gasteiger partial charge in [-0.3, -0.25) is 0 Å². The normalized spacial score (nSPS) is 36.4. The maximum Gasteiger partial charge on any atom is 0.0621 e. The van der Waals surface area contributed by atoms with Crippen LogP contribution in [0.3, 0.4) is 0 Å². The van der Waals surface area contributed by atoms with Crippen LogP contribution in [0.25, 0.3) is 0 Å². The van der Waals surface area contributed by atoms with E-state index in [1.54, 1.807) is 0 Å². The third-order valence-electron chi connectivity index (χ3n) is 4.28. The van der Waals surface area contributed by atoms with Gasteiger partial charge in [-0.25, -0.2) is 0 Å². The minimum absolute atomic E-state index is 0.347. The average Bonchev–Trinajstić information content (AvgIpc) is 2.28. The first-order valence-electron chi connectivity index (χ1n) is 7.44. The van der Waals surface area contributed by atoms with E-state index < -0.39 is 0 Å². The number of halogens is 1. The monoisotopic (exact) mass is 258 g/mol. The molecule has 3 atom stereocenters. The fourth-order valence-corrected chi connectivity index (χ4v) is 3.85. The van der Waals surface area contributed by atoms with Crippen LogP contribution in [0.1, 0.15) is 65.2 Å². The molecule has 1 aliphatic heterocycles. The van der Waals surface area contributed by atoms with Gasteiger partial charge in [0.25, 0.3) is 0 Å². The molecule has 0 spiro atoms. The van der Waals surface area contributed by atoms with Crippen LogP contribution >= 0.6 is 11.6 Å². The molecular formula is C15H27ClO. The zero-order valence-corrected chi connectivity index (χ0v) is 12.1. The van der Waals surface area contributed by atoms with Gasteiger partial charge in [0, 0.05) is 5.38 Å². The second-order valence-electron chi connectivity index (χ2n) is 6.39. The van der Waals surface area contributed by atoms with Crippen molar-refractivity contribution in [3.8, 4) is 0 Å². The molecule has 0 radical (unpaired) electrons. The highest BCUT2D eigenvalue weighted by molar-refractivity contribution is 6.20. The molecule has 0 N–H and O–H groups in total. The predicted octanol–water partition coefficient (Wildman–Crippen LogP) is 4.77. The first-order valence-corrected chi connectivity index (χ1v) is 7.88. The van der Waals surface area contributed by atoms with Crippen LogP contribution in [0.15, 0.2) is 0 Å². The Morgan fingerprint density at radius 2 is 1.82 bits per heavy atom. The van der Waals surface area contributed by atoms with Gasteiger partial charge in [0.2, 0.25) is 0 Å². The SMILES string of the molecule is CC(C)C[C@H]1C[C@@H](Cl)C[C@@H](C2CCCCC2)O1. The molecule has 0 amide bonds. The van der Waals surface area contributed by atoms with Crippen molar-refractivity contribution in [1.29, 1.82) is 0 Å². The molecule has 2 heteroatoms. The molecule has 0 aromatic carbocycles. The highest BCUT2D eigenvalue weighted by Gasteiger charge is 2.33. The Kier molecular flexibility index (Phi) is 5.17. The average molecular weight is 259 g/mol. The molecule has 2 aliphatic rings. The molecule has 0 aromatic heterocycles. The Morgan fingerprint density at radius 3 is 2.47 bits per heavy atom. The largest absolute Gasteiger partial charge is 0.375 e. The lowest BCUT2D eigenvalue weighted by Crippen LogP contribution is -2.39. The number of alkyl halides is 1. The molecule has 1 nitrogen and oxygen atoms in total. The summed E-state index contributed by atoms with van der Waals surface area (Å²) in [6.07, 6.45) is 11.1. The molecule has 2 rings (SSSR count). The van der Waals surface area contributed by atoms with E-state index in [0.717, 1.165) is 18.8 Å². The summed E-state index contributed by atoms with van der Waals surface area (Å²) >= 11 is 6.43. The van der Waals surface area contributed by atoms with Gasteiger partial charge in [-0.05, 0) is 43.9 Å².